The Hall–Kier alpha value is 0.764. The van der Waals surface area contributed by atoms with Gasteiger partial charge in [0, 0.05) is 37.2 Å². The molecule has 0 unspecified atom stereocenters. The zero-order chi connectivity index (χ0) is 6.69. The van der Waals surface area contributed by atoms with Gasteiger partial charge in [0.2, 0.25) is 0 Å². The molecule has 0 aliphatic heterocycles. The van der Waals surface area contributed by atoms with E-state index in [4.69, 9.17) is 5.73 Å². The average molecular weight is 274 g/mol. The molecular formula is C7H7BrNY-. The van der Waals surface area contributed by atoms with Crippen molar-refractivity contribution in [2.24, 2.45) is 0 Å². The van der Waals surface area contributed by atoms with Gasteiger partial charge >= 0.3 is 0 Å². The summed E-state index contributed by atoms with van der Waals surface area (Å²) >= 11 is 3.32. The van der Waals surface area contributed by atoms with Crippen molar-refractivity contribution in [2.75, 3.05) is 0 Å². The number of hydrogen-bond acceptors (Lipinski definition) is 0. The van der Waals surface area contributed by atoms with E-state index in [-0.39, 0.29) is 32.7 Å². The fourth-order valence-corrected chi connectivity index (χ4v) is 1.09. The Morgan fingerprint density at radius 2 is 2.10 bits per heavy atom. The van der Waals surface area contributed by atoms with Gasteiger partial charge in [-0.1, -0.05) is 33.6 Å². The van der Waals surface area contributed by atoms with Crippen LogP contribution in [0, 0.1) is 0 Å². The maximum atomic E-state index is 7.02. The molecule has 1 nitrogen and oxygen atoms in total. The summed E-state index contributed by atoms with van der Waals surface area (Å²) in [6.07, 6.45) is 0. The third-order valence-corrected chi connectivity index (χ3v) is 1.59. The quantitative estimate of drug-likeness (QED) is 0.751. The third kappa shape index (κ3) is 3.24. The maximum absolute atomic E-state index is 7.02. The van der Waals surface area contributed by atoms with E-state index in [1.807, 2.05) is 24.3 Å². The molecule has 3 heteroatoms. The van der Waals surface area contributed by atoms with Crippen molar-refractivity contribution in [3.05, 3.63) is 40.0 Å². The van der Waals surface area contributed by atoms with Gasteiger partial charge in [-0.25, -0.2) is 0 Å². The van der Waals surface area contributed by atoms with Crippen LogP contribution in [-0.2, 0) is 39.3 Å². The van der Waals surface area contributed by atoms with E-state index in [9.17, 15) is 0 Å². The molecule has 0 saturated carbocycles. The van der Waals surface area contributed by atoms with E-state index in [1.165, 1.54) is 0 Å². The van der Waals surface area contributed by atoms with Gasteiger partial charge in [0.05, 0.1) is 0 Å². The van der Waals surface area contributed by atoms with Crippen LogP contribution in [0.15, 0.2) is 28.7 Å². The Bertz CT molecular complexity index is 203. The molecule has 0 spiro atoms. The van der Waals surface area contributed by atoms with Crippen LogP contribution in [0.2, 0.25) is 0 Å². The predicted octanol–water partition coefficient (Wildman–Crippen LogP) is 3.00. The molecule has 0 bridgehead atoms. The van der Waals surface area contributed by atoms with Crippen molar-refractivity contribution in [1.82, 2.24) is 0 Å². The normalized spacial score (nSPS) is 8.60. The van der Waals surface area contributed by atoms with Gasteiger partial charge in [-0.05, 0) is 12.1 Å². The first-order valence-corrected chi connectivity index (χ1v) is 3.51. The predicted molar refractivity (Wildman–Crippen MR) is 42.2 cm³/mol. The molecule has 1 radical (unpaired) electrons. The molecule has 0 saturated heterocycles. The molecule has 1 aromatic rings. The summed E-state index contributed by atoms with van der Waals surface area (Å²) < 4.78 is 1.05. The summed E-state index contributed by atoms with van der Waals surface area (Å²) in [7, 11) is 0. The van der Waals surface area contributed by atoms with Gasteiger partial charge in [0.25, 0.3) is 0 Å². The largest absolute Gasteiger partial charge is 0.674 e. The van der Waals surface area contributed by atoms with Crippen LogP contribution < -0.4 is 0 Å². The summed E-state index contributed by atoms with van der Waals surface area (Å²) in [6, 6.07) is 7.79. The van der Waals surface area contributed by atoms with E-state index >= 15 is 0 Å². The third-order valence-electron chi connectivity index (χ3n) is 1.09. The van der Waals surface area contributed by atoms with Crippen LogP contribution in [0.1, 0.15) is 5.56 Å². The van der Waals surface area contributed by atoms with E-state index in [0.29, 0.717) is 6.54 Å². The van der Waals surface area contributed by atoms with Gasteiger partial charge in [-0.15, -0.1) is 6.54 Å². The fraction of sp³-hybridized carbons (Fsp3) is 0.143. The van der Waals surface area contributed by atoms with Crippen molar-refractivity contribution in [1.29, 1.82) is 0 Å². The van der Waals surface area contributed by atoms with Gasteiger partial charge in [0.1, 0.15) is 0 Å². The molecule has 0 aromatic heterocycles. The van der Waals surface area contributed by atoms with Crippen LogP contribution in [-0.4, -0.2) is 0 Å². The number of benzene rings is 1. The number of rotatable bonds is 1. The van der Waals surface area contributed by atoms with Crippen molar-refractivity contribution >= 4 is 15.9 Å². The first-order valence-electron chi connectivity index (χ1n) is 2.72. The Labute approximate surface area is 94.4 Å². The standard InChI is InChI=1S/C7H7BrN.Y/c8-7-3-1-2-6(4-7)5-9;/h1-4,9H,5H2;/q-1;. The minimum Gasteiger partial charge on any atom is -0.674 e. The second kappa shape index (κ2) is 5.42. The molecule has 0 fully saturated rings. The molecule has 1 aromatic carbocycles. The molecule has 0 amide bonds. The summed E-state index contributed by atoms with van der Waals surface area (Å²) in [5.74, 6) is 0. The van der Waals surface area contributed by atoms with Gasteiger partial charge in [-0.3, -0.25) is 0 Å². The molecule has 1 rings (SSSR count). The molecular weight excluding hydrogens is 267 g/mol. The minimum absolute atomic E-state index is 0. The molecule has 0 aliphatic carbocycles. The smallest absolute Gasteiger partial charge is 0.0177 e. The van der Waals surface area contributed by atoms with Crippen LogP contribution in [0.25, 0.3) is 5.73 Å². The number of hydrogen-bond donors (Lipinski definition) is 0. The van der Waals surface area contributed by atoms with Crippen molar-refractivity contribution in [3.8, 4) is 0 Å². The summed E-state index contributed by atoms with van der Waals surface area (Å²) in [4.78, 5) is 0. The number of nitrogens with one attached hydrogen (secondary N) is 1. The first-order chi connectivity index (χ1) is 4.33. The SMILES string of the molecule is [NH-]Cc1cccc(Br)c1.[Y]. The Morgan fingerprint density at radius 1 is 1.40 bits per heavy atom. The van der Waals surface area contributed by atoms with Gasteiger partial charge in [0.15, 0.2) is 0 Å². The molecule has 0 aliphatic rings. The Morgan fingerprint density at radius 3 is 2.50 bits per heavy atom. The fourth-order valence-electron chi connectivity index (χ4n) is 0.647. The second-order valence-corrected chi connectivity index (χ2v) is 2.72. The van der Waals surface area contributed by atoms with Crippen molar-refractivity contribution in [3.63, 3.8) is 0 Å². The average Bonchev–Trinajstić information content (AvgIpc) is 1.88. The van der Waals surface area contributed by atoms with Crippen LogP contribution in [0.3, 0.4) is 0 Å². The minimum atomic E-state index is 0. The van der Waals surface area contributed by atoms with E-state index in [1.54, 1.807) is 0 Å². The van der Waals surface area contributed by atoms with Gasteiger partial charge in [-0.2, -0.15) is 0 Å². The molecule has 10 heavy (non-hydrogen) atoms. The summed E-state index contributed by atoms with van der Waals surface area (Å²) in [6.45, 7) is 0.361. The summed E-state index contributed by atoms with van der Waals surface area (Å²) in [5.41, 5.74) is 8.07. The zero-order valence-electron chi connectivity index (χ0n) is 5.47. The van der Waals surface area contributed by atoms with Crippen molar-refractivity contribution < 1.29 is 32.7 Å². The Kier molecular flexibility index (Phi) is 5.83. The Balaban J connectivity index is 0.000000810. The maximum Gasteiger partial charge on any atom is 0.0177 e. The molecule has 51 valence electrons. The van der Waals surface area contributed by atoms with Crippen LogP contribution in [0.4, 0.5) is 0 Å². The topological polar surface area (TPSA) is 23.8 Å². The second-order valence-electron chi connectivity index (χ2n) is 1.81. The van der Waals surface area contributed by atoms with E-state index < -0.39 is 0 Å². The van der Waals surface area contributed by atoms with Crippen LogP contribution in [0.5, 0.6) is 0 Å². The first kappa shape index (κ1) is 10.8. The van der Waals surface area contributed by atoms with Gasteiger partial charge < -0.3 is 5.73 Å². The molecule has 1 N–H and O–H groups in total. The van der Waals surface area contributed by atoms with Crippen LogP contribution >= 0.6 is 15.9 Å². The number of halogens is 1. The van der Waals surface area contributed by atoms with E-state index in [0.717, 1.165) is 10.0 Å². The monoisotopic (exact) mass is 273 g/mol. The zero-order valence-corrected chi connectivity index (χ0v) is 9.90. The summed E-state index contributed by atoms with van der Waals surface area (Å²) in [5, 5.41) is 0. The van der Waals surface area contributed by atoms with E-state index in [2.05, 4.69) is 15.9 Å². The molecule has 0 atom stereocenters. The van der Waals surface area contributed by atoms with Crippen molar-refractivity contribution in [2.45, 2.75) is 6.54 Å². The molecule has 0 heterocycles.